The van der Waals surface area contributed by atoms with Gasteiger partial charge in [-0.15, -0.1) is 0 Å². The van der Waals surface area contributed by atoms with Crippen molar-refractivity contribution in [2.24, 2.45) is 0 Å². The van der Waals surface area contributed by atoms with Crippen LogP contribution in [0, 0.1) is 0 Å². The first-order chi connectivity index (χ1) is 15.5. The molecule has 0 atom stereocenters. The van der Waals surface area contributed by atoms with Crippen molar-refractivity contribution in [1.82, 2.24) is 14.7 Å². The SMILES string of the molecule is CCOC(=O)c1nn(-c2ccc(OC)cc2)c2c1CN(C(=O)c1ccc(OC)cc1)CC2. The van der Waals surface area contributed by atoms with E-state index in [0.29, 0.717) is 29.8 Å². The zero-order valence-electron chi connectivity index (χ0n) is 18.3. The Morgan fingerprint density at radius 1 is 0.969 bits per heavy atom. The Morgan fingerprint density at radius 3 is 2.19 bits per heavy atom. The van der Waals surface area contributed by atoms with E-state index in [1.807, 2.05) is 24.3 Å². The van der Waals surface area contributed by atoms with Crippen molar-refractivity contribution in [3.63, 3.8) is 0 Å². The number of amides is 1. The minimum atomic E-state index is -0.491. The first-order valence-corrected chi connectivity index (χ1v) is 10.4. The van der Waals surface area contributed by atoms with Crippen LogP contribution in [0.4, 0.5) is 0 Å². The summed E-state index contributed by atoms with van der Waals surface area (Å²) >= 11 is 0. The fraction of sp³-hybridized carbons (Fsp3) is 0.292. The quantitative estimate of drug-likeness (QED) is 0.553. The average Bonchev–Trinajstić information content (AvgIpc) is 3.23. The molecule has 8 heteroatoms. The lowest BCUT2D eigenvalue weighted by molar-refractivity contribution is 0.0513. The third kappa shape index (κ3) is 4.03. The summed E-state index contributed by atoms with van der Waals surface area (Å²) in [7, 11) is 3.19. The molecule has 0 unspecified atom stereocenters. The molecule has 0 bridgehead atoms. The lowest BCUT2D eigenvalue weighted by Crippen LogP contribution is -2.36. The van der Waals surface area contributed by atoms with E-state index in [4.69, 9.17) is 14.2 Å². The fourth-order valence-corrected chi connectivity index (χ4v) is 3.81. The number of carbonyl (C=O) groups is 2. The molecular weight excluding hydrogens is 410 g/mol. The maximum atomic E-state index is 13.1. The summed E-state index contributed by atoms with van der Waals surface area (Å²) in [5.41, 5.74) is 3.23. The molecule has 0 saturated heterocycles. The molecule has 0 spiro atoms. The monoisotopic (exact) mass is 435 g/mol. The number of rotatable bonds is 6. The van der Waals surface area contributed by atoms with Crippen LogP contribution < -0.4 is 9.47 Å². The van der Waals surface area contributed by atoms with Gasteiger partial charge in [-0.3, -0.25) is 4.79 Å². The van der Waals surface area contributed by atoms with Crippen molar-refractivity contribution in [3.8, 4) is 17.2 Å². The van der Waals surface area contributed by atoms with Gasteiger partial charge in [0.05, 0.1) is 38.8 Å². The zero-order valence-corrected chi connectivity index (χ0v) is 18.3. The van der Waals surface area contributed by atoms with Gasteiger partial charge < -0.3 is 19.1 Å². The van der Waals surface area contributed by atoms with Crippen molar-refractivity contribution in [2.75, 3.05) is 27.4 Å². The van der Waals surface area contributed by atoms with Crippen molar-refractivity contribution < 1.29 is 23.8 Å². The molecule has 1 aliphatic heterocycles. The highest BCUT2D eigenvalue weighted by Gasteiger charge is 2.31. The molecule has 2 heterocycles. The summed E-state index contributed by atoms with van der Waals surface area (Å²) in [6.07, 6.45) is 0.565. The van der Waals surface area contributed by atoms with E-state index in [1.165, 1.54) is 0 Å². The Labute approximate surface area is 186 Å². The Morgan fingerprint density at radius 2 is 1.59 bits per heavy atom. The molecule has 1 amide bonds. The highest BCUT2D eigenvalue weighted by atomic mass is 16.5. The highest BCUT2D eigenvalue weighted by Crippen LogP contribution is 2.28. The molecular formula is C24H25N3O5. The Hall–Kier alpha value is -3.81. The number of fused-ring (bicyclic) bond motifs is 1. The zero-order chi connectivity index (χ0) is 22.7. The molecule has 2 aromatic carbocycles. The highest BCUT2D eigenvalue weighted by molar-refractivity contribution is 5.95. The van der Waals surface area contributed by atoms with Crippen molar-refractivity contribution >= 4 is 11.9 Å². The third-order valence-electron chi connectivity index (χ3n) is 5.47. The van der Waals surface area contributed by atoms with Crippen LogP contribution in [-0.4, -0.2) is 53.9 Å². The Balaban J connectivity index is 1.68. The predicted molar refractivity (Wildman–Crippen MR) is 118 cm³/mol. The molecule has 32 heavy (non-hydrogen) atoms. The van der Waals surface area contributed by atoms with Crippen LogP contribution in [0.15, 0.2) is 48.5 Å². The van der Waals surface area contributed by atoms with E-state index in [-0.39, 0.29) is 24.8 Å². The van der Waals surface area contributed by atoms with Crippen LogP contribution in [0.5, 0.6) is 11.5 Å². The Bertz CT molecular complexity index is 1120. The van der Waals surface area contributed by atoms with Gasteiger partial charge in [0, 0.05) is 24.1 Å². The van der Waals surface area contributed by atoms with E-state index < -0.39 is 5.97 Å². The molecule has 166 valence electrons. The van der Waals surface area contributed by atoms with Crippen LogP contribution >= 0.6 is 0 Å². The van der Waals surface area contributed by atoms with E-state index in [9.17, 15) is 9.59 Å². The number of hydrogen-bond donors (Lipinski definition) is 0. The molecule has 0 radical (unpaired) electrons. The average molecular weight is 435 g/mol. The number of methoxy groups -OCH3 is 2. The van der Waals surface area contributed by atoms with Gasteiger partial charge in [-0.2, -0.15) is 5.10 Å². The molecule has 0 aliphatic carbocycles. The minimum absolute atomic E-state index is 0.106. The molecule has 3 aromatic rings. The van der Waals surface area contributed by atoms with Crippen molar-refractivity contribution in [2.45, 2.75) is 19.9 Å². The summed E-state index contributed by atoms with van der Waals surface area (Å²) < 4.78 is 17.4. The molecule has 0 fully saturated rings. The lowest BCUT2D eigenvalue weighted by atomic mass is 10.0. The van der Waals surface area contributed by atoms with Crippen LogP contribution in [0.25, 0.3) is 5.69 Å². The largest absolute Gasteiger partial charge is 0.497 e. The fourth-order valence-electron chi connectivity index (χ4n) is 3.81. The van der Waals surface area contributed by atoms with Gasteiger partial charge in [-0.25, -0.2) is 9.48 Å². The molecule has 1 aliphatic rings. The van der Waals surface area contributed by atoms with Gasteiger partial charge in [0.15, 0.2) is 5.69 Å². The summed E-state index contributed by atoms with van der Waals surface area (Å²) in [6.45, 7) is 2.80. The first kappa shape index (κ1) is 21.4. The van der Waals surface area contributed by atoms with Crippen molar-refractivity contribution in [1.29, 1.82) is 0 Å². The number of hydrogen-bond acceptors (Lipinski definition) is 6. The molecule has 8 nitrogen and oxygen atoms in total. The van der Waals surface area contributed by atoms with Crippen LogP contribution in [0.1, 0.15) is 39.0 Å². The summed E-state index contributed by atoms with van der Waals surface area (Å²) in [4.78, 5) is 27.5. The van der Waals surface area contributed by atoms with E-state index in [1.54, 1.807) is 55.0 Å². The number of carbonyl (C=O) groups excluding carboxylic acids is 2. The topological polar surface area (TPSA) is 82.9 Å². The van der Waals surface area contributed by atoms with Gasteiger partial charge in [-0.05, 0) is 55.5 Å². The minimum Gasteiger partial charge on any atom is -0.497 e. The normalized spacial score (nSPS) is 12.8. The second-order valence-corrected chi connectivity index (χ2v) is 7.31. The predicted octanol–water partition coefficient (Wildman–Crippen LogP) is 3.26. The van der Waals surface area contributed by atoms with Crippen LogP contribution in [0.3, 0.4) is 0 Å². The second-order valence-electron chi connectivity index (χ2n) is 7.31. The smallest absolute Gasteiger partial charge is 0.359 e. The van der Waals surface area contributed by atoms with Gasteiger partial charge in [0.1, 0.15) is 11.5 Å². The van der Waals surface area contributed by atoms with Crippen LogP contribution in [-0.2, 0) is 17.7 Å². The lowest BCUT2D eigenvalue weighted by Gasteiger charge is -2.28. The van der Waals surface area contributed by atoms with Gasteiger partial charge >= 0.3 is 5.97 Å². The first-order valence-electron chi connectivity index (χ1n) is 10.4. The van der Waals surface area contributed by atoms with E-state index >= 15 is 0 Å². The Kier molecular flexibility index (Phi) is 6.11. The second kappa shape index (κ2) is 9.13. The molecule has 1 aromatic heterocycles. The van der Waals surface area contributed by atoms with Crippen molar-refractivity contribution in [3.05, 3.63) is 71.0 Å². The number of nitrogens with zero attached hydrogens (tertiary/aromatic N) is 3. The van der Waals surface area contributed by atoms with Gasteiger partial charge in [0.2, 0.25) is 0 Å². The third-order valence-corrected chi connectivity index (χ3v) is 5.47. The van der Waals surface area contributed by atoms with Gasteiger partial charge in [-0.1, -0.05) is 0 Å². The summed E-state index contributed by atoms with van der Waals surface area (Å²) in [5.74, 6) is 0.824. The standard InChI is InChI=1S/C24H25N3O5/c1-4-32-24(29)22-20-15-26(23(28)16-5-9-18(30-2)10-6-16)14-13-21(20)27(25-22)17-7-11-19(31-3)12-8-17/h5-12H,4,13-15H2,1-3H3. The number of ether oxygens (including phenoxy) is 3. The molecule has 0 N–H and O–H groups in total. The van der Waals surface area contributed by atoms with Gasteiger partial charge in [0.25, 0.3) is 5.91 Å². The number of aromatic nitrogens is 2. The maximum absolute atomic E-state index is 13.1. The summed E-state index contributed by atoms with van der Waals surface area (Å²) in [6, 6.07) is 14.5. The van der Waals surface area contributed by atoms with E-state index in [0.717, 1.165) is 17.1 Å². The number of esters is 1. The van der Waals surface area contributed by atoms with Crippen LogP contribution in [0.2, 0.25) is 0 Å². The maximum Gasteiger partial charge on any atom is 0.359 e. The van der Waals surface area contributed by atoms with E-state index in [2.05, 4.69) is 5.10 Å². The molecule has 0 saturated carbocycles. The molecule has 4 rings (SSSR count). The number of benzene rings is 2. The summed E-state index contributed by atoms with van der Waals surface area (Å²) in [5, 5.41) is 4.57.